The molecule has 4 aromatic carbocycles. The summed E-state index contributed by atoms with van der Waals surface area (Å²) in [6.07, 6.45) is 0. The van der Waals surface area contributed by atoms with Gasteiger partial charge in [0.05, 0.1) is 22.6 Å². The number of fused-ring (bicyclic) bond motifs is 1. The third-order valence-corrected chi connectivity index (χ3v) is 6.20. The maximum atomic E-state index is 5.21. The average molecular weight is 426 g/mol. The number of rotatable bonds is 4. The summed E-state index contributed by atoms with van der Waals surface area (Å²) in [5.74, 6) is 0.878. The van der Waals surface area contributed by atoms with E-state index in [4.69, 9.17) is 4.98 Å². The lowest BCUT2D eigenvalue weighted by atomic mass is 10.0. The molecule has 0 aliphatic heterocycles. The van der Waals surface area contributed by atoms with Crippen molar-refractivity contribution in [3.05, 3.63) is 115 Å². The Balaban J connectivity index is 1.67. The van der Waals surface area contributed by atoms with Crippen molar-refractivity contribution in [3.63, 3.8) is 0 Å². The lowest BCUT2D eigenvalue weighted by Gasteiger charge is -2.07. The van der Waals surface area contributed by atoms with E-state index < -0.39 is 0 Å². The number of nitrogens with one attached hydrogen (secondary N) is 1. The molecule has 1 N–H and O–H groups in total. The van der Waals surface area contributed by atoms with Crippen LogP contribution < -0.4 is 0 Å². The molecule has 6 rings (SSSR count). The highest BCUT2D eigenvalue weighted by atomic mass is 15.0. The number of hydrogen-bond donors (Lipinski definition) is 1. The van der Waals surface area contributed by atoms with Crippen molar-refractivity contribution in [3.8, 4) is 45.2 Å². The van der Waals surface area contributed by atoms with Crippen LogP contribution in [-0.4, -0.2) is 14.5 Å². The lowest BCUT2D eigenvalue weighted by molar-refractivity contribution is 0.978. The van der Waals surface area contributed by atoms with E-state index in [1.54, 1.807) is 0 Å². The molecule has 0 aliphatic carbocycles. The molecule has 0 saturated heterocycles. The molecular weight excluding hydrogens is 402 g/mol. The number of benzene rings is 4. The van der Waals surface area contributed by atoms with E-state index in [0.29, 0.717) is 0 Å². The quantitative estimate of drug-likeness (QED) is 0.310. The standard InChI is InChI=1S/C30H23N3/c1-33-25-20-12-11-19-24(25)26(29(33)23-17-9-4-10-18-23)30-31-27(21-13-5-2-6-14-21)28(32-30)22-15-7-3-8-16-22/h2-20H,1H3,(H,31,32). The molecule has 0 atom stereocenters. The Morgan fingerprint density at radius 3 is 1.82 bits per heavy atom. The molecule has 0 unspecified atom stereocenters. The molecule has 0 saturated carbocycles. The smallest absolute Gasteiger partial charge is 0.141 e. The van der Waals surface area contributed by atoms with Crippen molar-refractivity contribution >= 4 is 10.9 Å². The summed E-state index contributed by atoms with van der Waals surface area (Å²) in [5, 5.41) is 1.19. The summed E-state index contributed by atoms with van der Waals surface area (Å²) in [6.45, 7) is 0. The third-order valence-electron chi connectivity index (χ3n) is 6.20. The van der Waals surface area contributed by atoms with Gasteiger partial charge in [0.15, 0.2) is 0 Å². The summed E-state index contributed by atoms with van der Waals surface area (Å²) >= 11 is 0. The second-order valence-corrected chi connectivity index (χ2v) is 8.21. The Bertz CT molecular complexity index is 1490. The third kappa shape index (κ3) is 3.26. The normalized spacial score (nSPS) is 11.2. The van der Waals surface area contributed by atoms with Gasteiger partial charge in [0.25, 0.3) is 0 Å². The summed E-state index contributed by atoms with van der Waals surface area (Å²) in [6, 6.07) is 39.9. The first-order valence-corrected chi connectivity index (χ1v) is 11.2. The molecule has 3 heteroatoms. The second kappa shape index (κ2) is 7.95. The fourth-order valence-corrected chi connectivity index (χ4v) is 4.68. The van der Waals surface area contributed by atoms with Crippen LogP contribution in [0.15, 0.2) is 115 Å². The Hall–Kier alpha value is -4.37. The van der Waals surface area contributed by atoms with E-state index in [1.807, 2.05) is 12.1 Å². The zero-order chi connectivity index (χ0) is 22.2. The number of H-pyrrole nitrogens is 1. The molecule has 6 aromatic rings. The van der Waals surface area contributed by atoms with Crippen molar-refractivity contribution in [2.45, 2.75) is 0 Å². The van der Waals surface area contributed by atoms with Crippen LogP contribution in [0, 0.1) is 0 Å². The van der Waals surface area contributed by atoms with Crippen LogP contribution in [0.2, 0.25) is 0 Å². The number of imidazole rings is 1. The summed E-state index contributed by atoms with van der Waals surface area (Å²) < 4.78 is 2.27. The topological polar surface area (TPSA) is 33.6 Å². The zero-order valence-corrected chi connectivity index (χ0v) is 18.4. The van der Waals surface area contributed by atoms with Gasteiger partial charge in [-0.1, -0.05) is 109 Å². The Kier molecular flexibility index (Phi) is 4.66. The van der Waals surface area contributed by atoms with Crippen molar-refractivity contribution in [1.29, 1.82) is 0 Å². The fourth-order valence-electron chi connectivity index (χ4n) is 4.68. The average Bonchev–Trinajstić information content (AvgIpc) is 3.45. The number of aromatic nitrogens is 3. The molecule has 0 amide bonds. The second-order valence-electron chi connectivity index (χ2n) is 8.21. The number of aryl methyl sites for hydroxylation is 1. The largest absolute Gasteiger partial charge is 0.343 e. The van der Waals surface area contributed by atoms with E-state index in [1.165, 1.54) is 16.5 Å². The van der Waals surface area contributed by atoms with Gasteiger partial charge >= 0.3 is 0 Å². The van der Waals surface area contributed by atoms with Gasteiger partial charge in [0.1, 0.15) is 5.82 Å². The van der Waals surface area contributed by atoms with Crippen LogP contribution >= 0.6 is 0 Å². The van der Waals surface area contributed by atoms with Gasteiger partial charge in [-0.05, 0) is 11.6 Å². The van der Waals surface area contributed by atoms with Crippen molar-refractivity contribution in [1.82, 2.24) is 14.5 Å². The Morgan fingerprint density at radius 1 is 0.606 bits per heavy atom. The Labute approximate surface area is 193 Å². The minimum absolute atomic E-state index is 0.878. The maximum Gasteiger partial charge on any atom is 0.141 e. The molecule has 0 bridgehead atoms. The van der Waals surface area contributed by atoms with Crippen LogP contribution in [0.4, 0.5) is 0 Å². The van der Waals surface area contributed by atoms with Crippen LogP contribution in [0.5, 0.6) is 0 Å². The van der Waals surface area contributed by atoms with Gasteiger partial charge in [0, 0.05) is 29.1 Å². The minimum Gasteiger partial charge on any atom is -0.343 e. The first-order valence-electron chi connectivity index (χ1n) is 11.2. The van der Waals surface area contributed by atoms with E-state index in [0.717, 1.165) is 39.6 Å². The van der Waals surface area contributed by atoms with Gasteiger partial charge in [-0.15, -0.1) is 0 Å². The predicted octanol–water partition coefficient (Wildman–Crippen LogP) is 7.57. The molecular formula is C30H23N3. The molecule has 3 nitrogen and oxygen atoms in total. The maximum absolute atomic E-state index is 5.21. The summed E-state index contributed by atoms with van der Waals surface area (Å²) in [7, 11) is 2.13. The van der Waals surface area contributed by atoms with Gasteiger partial charge in [0.2, 0.25) is 0 Å². The fraction of sp³-hybridized carbons (Fsp3) is 0.0333. The first-order chi connectivity index (χ1) is 16.3. The van der Waals surface area contributed by atoms with Crippen molar-refractivity contribution in [2.24, 2.45) is 7.05 Å². The van der Waals surface area contributed by atoms with Crippen LogP contribution in [0.1, 0.15) is 0 Å². The summed E-state index contributed by atoms with van der Waals surface area (Å²) in [5.41, 5.74) is 8.85. The number of aromatic amines is 1. The van der Waals surface area contributed by atoms with E-state index >= 15 is 0 Å². The van der Waals surface area contributed by atoms with Crippen LogP contribution in [-0.2, 0) is 7.05 Å². The van der Waals surface area contributed by atoms with Gasteiger partial charge in [-0.2, -0.15) is 0 Å². The predicted molar refractivity (Wildman–Crippen MR) is 137 cm³/mol. The van der Waals surface area contributed by atoms with Gasteiger partial charge in [-0.3, -0.25) is 0 Å². The number of nitrogens with zero attached hydrogens (tertiary/aromatic N) is 2. The molecule has 0 radical (unpaired) electrons. The highest BCUT2D eigenvalue weighted by Gasteiger charge is 2.23. The van der Waals surface area contributed by atoms with Crippen molar-refractivity contribution < 1.29 is 0 Å². The molecule has 2 heterocycles. The number of para-hydroxylation sites is 1. The molecule has 158 valence electrons. The number of hydrogen-bond acceptors (Lipinski definition) is 1. The molecule has 0 aliphatic rings. The highest BCUT2D eigenvalue weighted by molar-refractivity contribution is 6.03. The van der Waals surface area contributed by atoms with Crippen LogP contribution in [0.25, 0.3) is 56.1 Å². The molecule has 0 spiro atoms. The van der Waals surface area contributed by atoms with E-state index in [9.17, 15) is 0 Å². The Morgan fingerprint density at radius 2 is 1.15 bits per heavy atom. The molecule has 0 fully saturated rings. The van der Waals surface area contributed by atoms with Gasteiger partial charge < -0.3 is 9.55 Å². The molecule has 33 heavy (non-hydrogen) atoms. The lowest BCUT2D eigenvalue weighted by Crippen LogP contribution is -1.93. The summed E-state index contributed by atoms with van der Waals surface area (Å²) in [4.78, 5) is 8.91. The van der Waals surface area contributed by atoms with Gasteiger partial charge in [-0.25, -0.2) is 4.98 Å². The van der Waals surface area contributed by atoms with E-state index in [-0.39, 0.29) is 0 Å². The van der Waals surface area contributed by atoms with Crippen LogP contribution in [0.3, 0.4) is 0 Å². The highest BCUT2D eigenvalue weighted by Crippen LogP contribution is 2.41. The zero-order valence-electron chi connectivity index (χ0n) is 18.4. The SMILES string of the molecule is Cn1c(-c2ccccc2)c(-c2nc(-c3ccccc3)c(-c3ccccc3)[nH]2)c2ccccc21. The molecule has 2 aromatic heterocycles. The van der Waals surface area contributed by atoms with E-state index in [2.05, 4.69) is 120 Å². The first kappa shape index (κ1) is 19.3. The monoisotopic (exact) mass is 425 g/mol. The van der Waals surface area contributed by atoms with Crippen molar-refractivity contribution in [2.75, 3.05) is 0 Å². The minimum atomic E-state index is 0.878.